The van der Waals surface area contributed by atoms with Crippen molar-refractivity contribution in [3.05, 3.63) is 277 Å². The fourth-order valence-electron chi connectivity index (χ4n) is 10.4. The van der Waals surface area contributed by atoms with Crippen molar-refractivity contribution in [2.75, 3.05) is 0 Å². The van der Waals surface area contributed by atoms with E-state index in [4.69, 9.17) is 19.4 Å². The zero-order chi connectivity index (χ0) is 45.7. The van der Waals surface area contributed by atoms with Gasteiger partial charge in [-0.2, -0.15) is 0 Å². The average molecular weight is 883 g/mol. The molecule has 0 spiro atoms. The van der Waals surface area contributed by atoms with Gasteiger partial charge in [0.25, 0.3) is 0 Å². The van der Waals surface area contributed by atoms with E-state index in [1.165, 1.54) is 27.5 Å². The fraction of sp³-hybridized carbons (Fsp3) is 0.0156. The van der Waals surface area contributed by atoms with Crippen molar-refractivity contribution in [2.24, 2.45) is 0 Å². The zero-order valence-corrected chi connectivity index (χ0v) is 37.4. The first-order valence-corrected chi connectivity index (χ1v) is 23.3. The van der Waals surface area contributed by atoms with Crippen LogP contribution in [0.5, 0.6) is 0 Å². The second-order valence-corrected chi connectivity index (χ2v) is 17.5. The highest BCUT2D eigenvalue weighted by Gasteiger charge is 2.38. The van der Waals surface area contributed by atoms with Crippen LogP contribution in [0, 0.1) is 0 Å². The number of furan rings is 1. The lowest BCUT2D eigenvalue weighted by Gasteiger charge is -2.37. The Morgan fingerprint density at radius 2 is 0.739 bits per heavy atom. The van der Waals surface area contributed by atoms with Crippen molar-refractivity contribution in [3.63, 3.8) is 0 Å². The Kier molecular flexibility index (Phi) is 9.65. The van der Waals surface area contributed by atoms with E-state index >= 15 is 0 Å². The summed E-state index contributed by atoms with van der Waals surface area (Å²) in [7, 11) is 0. The molecule has 69 heavy (non-hydrogen) atoms. The number of nitrogens with zero attached hydrogens (tertiary/aromatic N) is 4. The van der Waals surface area contributed by atoms with Crippen LogP contribution in [0.1, 0.15) is 22.3 Å². The predicted octanol–water partition coefficient (Wildman–Crippen LogP) is 15.9. The van der Waals surface area contributed by atoms with E-state index in [1.807, 2.05) is 12.1 Å². The summed E-state index contributed by atoms with van der Waals surface area (Å²) in [5.41, 5.74) is 13.9. The quantitative estimate of drug-likeness (QED) is 0.136. The van der Waals surface area contributed by atoms with Crippen LogP contribution in [0.3, 0.4) is 0 Å². The summed E-state index contributed by atoms with van der Waals surface area (Å²) in [6.07, 6.45) is 0. The molecule has 0 aliphatic rings. The minimum Gasteiger partial charge on any atom is -0.456 e. The molecule has 5 heteroatoms. The van der Waals surface area contributed by atoms with Gasteiger partial charge in [0.1, 0.15) is 11.2 Å². The lowest BCUT2D eigenvalue weighted by Crippen LogP contribution is -2.31. The largest absolute Gasteiger partial charge is 0.456 e. The van der Waals surface area contributed by atoms with Crippen molar-refractivity contribution < 1.29 is 4.42 Å². The summed E-state index contributed by atoms with van der Waals surface area (Å²) < 4.78 is 8.48. The molecule has 10 aromatic carbocycles. The second-order valence-electron chi connectivity index (χ2n) is 17.5. The Hall–Kier alpha value is -9.19. The Balaban J connectivity index is 0.986. The molecule has 0 fully saturated rings. The van der Waals surface area contributed by atoms with E-state index in [1.54, 1.807) is 0 Å². The first-order chi connectivity index (χ1) is 34.2. The summed E-state index contributed by atoms with van der Waals surface area (Å²) in [5.74, 6) is 1.76. The van der Waals surface area contributed by atoms with Crippen LogP contribution < -0.4 is 0 Å². The Morgan fingerprint density at radius 3 is 1.35 bits per heavy atom. The number of hydrogen-bond donors (Lipinski definition) is 0. The van der Waals surface area contributed by atoms with Gasteiger partial charge in [0.2, 0.25) is 0 Å². The molecule has 0 bridgehead atoms. The van der Waals surface area contributed by atoms with Gasteiger partial charge in [-0.15, -0.1) is 0 Å². The van der Waals surface area contributed by atoms with E-state index in [-0.39, 0.29) is 0 Å². The maximum absolute atomic E-state index is 6.15. The van der Waals surface area contributed by atoms with Crippen molar-refractivity contribution in [2.45, 2.75) is 5.41 Å². The van der Waals surface area contributed by atoms with Gasteiger partial charge in [-0.1, -0.05) is 206 Å². The van der Waals surface area contributed by atoms with Crippen molar-refractivity contribution >= 4 is 43.7 Å². The third-order valence-electron chi connectivity index (χ3n) is 13.6. The zero-order valence-electron chi connectivity index (χ0n) is 37.4. The lowest BCUT2D eigenvalue weighted by atomic mass is 9.65. The first-order valence-electron chi connectivity index (χ1n) is 23.3. The molecular formula is C64H42N4O. The minimum atomic E-state index is -0.642. The van der Waals surface area contributed by atoms with Crippen LogP contribution in [0.15, 0.2) is 259 Å². The van der Waals surface area contributed by atoms with Gasteiger partial charge in [-0.3, -0.25) is 0 Å². The predicted molar refractivity (Wildman–Crippen MR) is 281 cm³/mol. The van der Waals surface area contributed by atoms with Gasteiger partial charge in [0, 0.05) is 43.9 Å². The number of rotatable bonds is 9. The number of aromatic nitrogens is 4. The molecule has 0 aliphatic heterocycles. The van der Waals surface area contributed by atoms with E-state index < -0.39 is 5.41 Å². The van der Waals surface area contributed by atoms with E-state index in [0.717, 1.165) is 72.0 Å². The third-order valence-corrected chi connectivity index (χ3v) is 13.6. The molecule has 13 rings (SSSR count). The Bertz CT molecular complexity index is 3860. The molecule has 3 heterocycles. The summed E-state index contributed by atoms with van der Waals surface area (Å²) in [6, 6.07) is 90.0. The molecule has 0 amide bonds. The lowest BCUT2D eigenvalue weighted by molar-refractivity contribution is 0.669. The second kappa shape index (κ2) is 16.6. The summed E-state index contributed by atoms with van der Waals surface area (Å²) in [6.45, 7) is 0. The van der Waals surface area contributed by atoms with E-state index in [0.29, 0.717) is 17.5 Å². The highest BCUT2D eigenvalue weighted by Crippen LogP contribution is 2.46. The van der Waals surface area contributed by atoms with Crippen LogP contribution >= 0.6 is 0 Å². The molecule has 0 N–H and O–H groups in total. The molecule has 0 atom stereocenters. The topological polar surface area (TPSA) is 56.7 Å². The van der Waals surface area contributed by atoms with Crippen LogP contribution in [0.4, 0.5) is 0 Å². The maximum atomic E-state index is 6.15. The number of hydrogen-bond acceptors (Lipinski definition) is 4. The molecule has 13 aromatic rings. The van der Waals surface area contributed by atoms with Gasteiger partial charge in [-0.05, 0) is 81.9 Å². The summed E-state index contributed by atoms with van der Waals surface area (Å²) >= 11 is 0. The highest BCUT2D eigenvalue weighted by molar-refractivity contribution is 6.09. The van der Waals surface area contributed by atoms with Crippen molar-refractivity contribution in [1.82, 2.24) is 19.5 Å². The van der Waals surface area contributed by atoms with Crippen LogP contribution in [0.2, 0.25) is 0 Å². The first kappa shape index (κ1) is 40.1. The number of para-hydroxylation sites is 3. The molecule has 0 saturated heterocycles. The number of fused-ring (bicyclic) bond motifs is 6. The molecule has 3 aromatic heterocycles. The molecule has 324 valence electrons. The Labute approximate surface area is 399 Å². The summed E-state index contributed by atoms with van der Waals surface area (Å²) in [4.78, 5) is 16.0. The van der Waals surface area contributed by atoms with E-state index in [2.05, 4.69) is 247 Å². The average Bonchev–Trinajstić information content (AvgIpc) is 3.98. The van der Waals surface area contributed by atoms with Crippen molar-refractivity contribution in [1.29, 1.82) is 0 Å². The van der Waals surface area contributed by atoms with Gasteiger partial charge in [-0.25, -0.2) is 15.0 Å². The molecular weight excluding hydrogens is 841 g/mol. The minimum absolute atomic E-state index is 0.587. The fourth-order valence-corrected chi connectivity index (χ4v) is 10.4. The molecule has 0 aliphatic carbocycles. The van der Waals surface area contributed by atoms with E-state index in [9.17, 15) is 0 Å². The smallest absolute Gasteiger partial charge is 0.164 e. The SMILES string of the molecule is c1ccc(C(c2ccccc2)(c2ccccc2)c2cccc(-c3nc(-c4ccc(-c5ccc6oc7ccccc7c6c5)cc4)nc(-c4cccc(-n5c6ccccc6c6ccccc65)c4)n3)c2)cc1. The monoisotopic (exact) mass is 882 g/mol. The molecule has 0 radical (unpaired) electrons. The third kappa shape index (κ3) is 6.82. The molecule has 0 saturated carbocycles. The number of benzene rings is 10. The van der Waals surface area contributed by atoms with Crippen LogP contribution in [-0.4, -0.2) is 19.5 Å². The standard InChI is InChI=1S/C64H42N4O/c1-4-20-48(21-5-1)64(49-22-6-2-7-23-49,50-24-8-3-9-25-50)51-26-16-18-46(40-51)62-65-61(44-36-34-43(35-37-44)45-38-39-60-56(42-45)55-30-12-15-33-59(55)69-60)66-63(67-62)47-19-17-27-52(41-47)68-57-31-13-10-28-53(57)54-29-11-14-32-58(54)68/h1-42H. The van der Waals surface area contributed by atoms with Crippen LogP contribution in [0.25, 0.3) is 94.7 Å². The molecule has 5 nitrogen and oxygen atoms in total. The molecule has 0 unspecified atom stereocenters. The highest BCUT2D eigenvalue weighted by atomic mass is 16.3. The van der Waals surface area contributed by atoms with Crippen LogP contribution in [-0.2, 0) is 5.41 Å². The Morgan fingerprint density at radius 1 is 0.290 bits per heavy atom. The maximum Gasteiger partial charge on any atom is 0.164 e. The van der Waals surface area contributed by atoms with Crippen molar-refractivity contribution in [3.8, 4) is 51.0 Å². The summed E-state index contributed by atoms with van der Waals surface area (Å²) in [5, 5.41) is 4.63. The van der Waals surface area contributed by atoms with Gasteiger partial charge in [0.15, 0.2) is 17.5 Å². The van der Waals surface area contributed by atoms with Gasteiger partial charge in [0.05, 0.1) is 16.4 Å². The van der Waals surface area contributed by atoms with Gasteiger partial charge < -0.3 is 8.98 Å². The normalized spacial score (nSPS) is 11.8. The van der Waals surface area contributed by atoms with Gasteiger partial charge >= 0.3 is 0 Å².